The van der Waals surface area contributed by atoms with Crippen molar-refractivity contribution >= 4 is 11.4 Å². The highest BCUT2D eigenvalue weighted by Gasteiger charge is 2.32. The number of nitrogens with zero attached hydrogens (tertiary/aromatic N) is 3. The van der Waals surface area contributed by atoms with Gasteiger partial charge in [0.25, 0.3) is 5.91 Å². The Balaban J connectivity index is 2.03. The highest BCUT2D eigenvalue weighted by Crippen LogP contribution is 2.26. The third kappa shape index (κ3) is 2.99. The predicted molar refractivity (Wildman–Crippen MR) is 92.7 cm³/mol. The van der Waals surface area contributed by atoms with Crippen LogP contribution in [0.3, 0.4) is 0 Å². The highest BCUT2D eigenvalue weighted by molar-refractivity contribution is 5.99. The van der Waals surface area contributed by atoms with Crippen LogP contribution >= 0.6 is 0 Å². The van der Waals surface area contributed by atoms with E-state index in [0.29, 0.717) is 23.7 Å². The summed E-state index contributed by atoms with van der Waals surface area (Å²) in [6.45, 7) is 8.67. The second-order valence-electron chi connectivity index (χ2n) is 7.27. The summed E-state index contributed by atoms with van der Waals surface area (Å²) in [6.07, 6.45) is 6.26. The molecule has 0 bridgehead atoms. The van der Waals surface area contributed by atoms with Crippen molar-refractivity contribution in [3.8, 4) is 0 Å². The van der Waals surface area contributed by atoms with Crippen molar-refractivity contribution in [3.05, 3.63) is 35.9 Å². The number of carbonyl (C=O) groups is 1. The van der Waals surface area contributed by atoms with E-state index in [2.05, 4.69) is 32.1 Å². The molecule has 124 valence electrons. The Morgan fingerprint density at radius 3 is 2.61 bits per heavy atom. The van der Waals surface area contributed by atoms with Crippen LogP contribution in [0.5, 0.6) is 0 Å². The van der Waals surface area contributed by atoms with Crippen molar-refractivity contribution in [1.29, 1.82) is 0 Å². The lowest BCUT2D eigenvalue weighted by Gasteiger charge is -2.38. The van der Waals surface area contributed by atoms with Crippen molar-refractivity contribution < 1.29 is 4.79 Å². The smallest absolute Gasteiger partial charge is 0.275 e. The number of likely N-dealkylation sites (tertiary alicyclic amines) is 1. The third-order valence-corrected chi connectivity index (χ3v) is 4.84. The first-order valence-corrected chi connectivity index (χ1v) is 8.77. The second kappa shape index (κ2) is 6.34. The number of hydrogen-bond acceptors (Lipinski definition) is 2. The molecule has 0 spiro atoms. The van der Waals surface area contributed by atoms with E-state index in [0.717, 1.165) is 30.6 Å². The summed E-state index contributed by atoms with van der Waals surface area (Å²) in [4.78, 5) is 20.0. The molecule has 1 fully saturated rings. The molecule has 2 unspecified atom stereocenters. The maximum absolute atomic E-state index is 13.2. The minimum Gasteiger partial charge on any atom is -0.332 e. The number of hydrogen-bond donors (Lipinski definition) is 0. The second-order valence-corrected chi connectivity index (χ2v) is 7.27. The Hall–Kier alpha value is -1.84. The first kappa shape index (κ1) is 16.0. The fourth-order valence-electron chi connectivity index (χ4n) is 3.71. The molecule has 1 aliphatic rings. The standard InChI is InChI=1S/C19H27N3O/c1-13(2)12-17-20-18(16-10-5-6-11-21(16)17)19(23)22-14(3)8-7-9-15(22)4/h5-6,10-11,13-15H,7-9,12H2,1-4H3. The van der Waals surface area contributed by atoms with Gasteiger partial charge in [-0.15, -0.1) is 0 Å². The normalized spacial score (nSPS) is 22.0. The van der Waals surface area contributed by atoms with Gasteiger partial charge in [-0.05, 0) is 51.2 Å². The van der Waals surface area contributed by atoms with E-state index in [-0.39, 0.29) is 5.91 Å². The van der Waals surface area contributed by atoms with Crippen LogP contribution in [-0.2, 0) is 6.42 Å². The Kier molecular flexibility index (Phi) is 4.42. The molecule has 4 nitrogen and oxygen atoms in total. The van der Waals surface area contributed by atoms with Gasteiger partial charge in [0, 0.05) is 24.7 Å². The van der Waals surface area contributed by atoms with Gasteiger partial charge in [-0.2, -0.15) is 0 Å². The average molecular weight is 313 g/mol. The number of piperidine rings is 1. The highest BCUT2D eigenvalue weighted by atomic mass is 16.2. The van der Waals surface area contributed by atoms with Gasteiger partial charge in [0.05, 0.1) is 5.52 Å². The number of imidazole rings is 1. The van der Waals surface area contributed by atoms with Gasteiger partial charge >= 0.3 is 0 Å². The van der Waals surface area contributed by atoms with E-state index in [1.165, 1.54) is 6.42 Å². The van der Waals surface area contributed by atoms with E-state index in [9.17, 15) is 4.79 Å². The first-order valence-electron chi connectivity index (χ1n) is 8.77. The molecule has 0 aromatic carbocycles. The molecule has 0 N–H and O–H groups in total. The fraction of sp³-hybridized carbons (Fsp3) is 0.579. The van der Waals surface area contributed by atoms with Gasteiger partial charge in [-0.1, -0.05) is 19.9 Å². The van der Waals surface area contributed by atoms with Crippen molar-refractivity contribution in [2.75, 3.05) is 0 Å². The number of carbonyl (C=O) groups excluding carboxylic acids is 1. The number of amides is 1. The largest absolute Gasteiger partial charge is 0.332 e. The van der Waals surface area contributed by atoms with Crippen LogP contribution < -0.4 is 0 Å². The Labute approximate surface area is 138 Å². The van der Waals surface area contributed by atoms with Crippen molar-refractivity contribution in [1.82, 2.24) is 14.3 Å². The van der Waals surface area contributed by atoms with Gasteiger partial charge in [0.15, 0.2) is 5.69 Å². The van der Waals surface area contributed by atoms with E-state index in [4.69, 9.17) is 4.98 Å². The molecule has 1 aliphatic heterocycles. The van der Waals surface area contributed by atoms with Crippen LogP contribution in [0.15, 0.2) is 24.4 Å². The van der Waals surface area contributed by atoms with E-state index in [1.807, 2.05) is 29.3 Å². The van der Waals surface area contributed by atoms with Gasteiger partial charge in [0.2, 0.25) is 0 Å². The molecule has 2 aromatic rings. The topological polar surface area (TPSA) is 37.6 Å². The van der Waals surface area contributed by atoms with Crippen LogP contribution in [0.1, 0.15) is 63.3 Å². The first-order chi connectivity index (χ1) is 11.0. The minimum atomic E-state index is 0.0865. The van der Waals surface area contributed by atoms with E-state index >= 15 is 0 Å². The molecule has 0 saturated carbocycles. The molecular formula is C19H27N3O. The maximum atomic E-state index is 13.2. The summed E-state index contributed by atoms with van der Waals surface area (Å²) in [7, 11) is 0. The van der Waals surface area contributed by atoms with Gasteiger partial charge in [-0.25, -0.2) is 4.98 Å². The zero-order valence-electron chi connectivity index (χ0n) is 14.6. The lowest BCUT2D eigenvalue weighted by Crippen LogP contribution is -2.47. The Morgan fingerprint density at radius 1 is 1.26 bits per heavy atom. The molecule has 3 rings (SSSR count). The van der Waals surface area contributed by atoms with Crippen molar-refractivity contribution in [2.24, 2.45) is 5.92 Å². The SMILES string of the molecule is CC(C)Cc1nc(C(=O)N2C(C)CCCC2C)c2ccccn12. The number of fused-ring (bicyclic) bond motifs is 1. The van der Waals surface area contributed by atoms with E-state index in [1.54, 1.807) is 0 Å². The zero-order chi connectivity index (χ0) is 16.6. The molecule has 2 atom stereocenters. The van der Waals surface area contributed by atoms with Crippen molar-refractivity contribution in [2.45, 2.75) is 65.5 Å². The number of rotatable bonds is 3. The zero-order valence-corrected chi connectivity index (χ0v) is 14.6. The van der Waals surface area contributed by atoms with Crippen molar-refractivity contribution in [3.63, 3.8) is 0 Å². The molecule has 0 radical (unpaired) electrons. The summed E-state index contributed by atoms with van der Waals surface area (Å²) in [6, 6.07) is 6.57. The van der Waals surface area contributed by atoms with Crippen LogP contribution in [0.4, 0.5) is 0 Å². The number of aromatic nitrogens is 2. The molecule has 1 amide bonds. The Bertz CT molecular complexity index is 694. The molecule has 0 aliphatic carbocycles. The summed E-state index contributed by atoms with van der Waals surface area (Å²) in [5, 5.41) is 0. The van der Waals surface area contributed by atoms with Crippen LogP contribution in [-0.4, -0.2) is 32.3 Å². The monoisotopic (exact) mass is 313 g/mol. The van der Waals surface area contributed by atoms with E-state index < -0.39 is 0 Å². The van der Waals surface area contributed by atoms with Crippen LogP contribution in [0.25, 0.3) is 5.52 Å². The van der Waals surface area contributed by atoms with Gasteiger partial charge in [-0.3, -0.25) is 4.79 Å². The predicted octanol–water partition coefficient (Wildman–Crippen LogP) is 3.94. The number of pyridine rings is 1. The summed E-state index contributed by atoms with van der Waals surface area (Å²) < 4.78 is 2.08. The maximum Gasteiger partial charge on any atom is 0.275 e. The third-order valence-electron chi connectivity index (χ3n) is 4.84. The molecule has 1 saturated heterocycles. The van der Waals surface area contributed by atoms with Gasteiger partial charge < -0.3 is 9.30 Å². The molecular weight excluding hydrogens is 286 g/mol. The minimum absolute atomic E-state index is 0.0865. The lowest BCUT2D eigenvalue weighted by atomic mass is 9.97. The van der Waals surface area contributed by atoms with Gasteiger partial charge in [0.1, 0.15) is 5.82 Å². The molecule has 3 heterocycles. The quantitative estimate of drug-likeness (QED) is 0.861. The summed E-state index contributed by atoms with van der Waals surface area (Å²) in [5.41, 5.74) is 1.54. The summed E-state index contributed by atoms with van der Waals surface area (Å²) >= 11 is 0. The Morgan fingerprint density at radius 2 is 1.96 bits per heavy atom. The molecule has 2 aromatic heterocycles. The van der Waals surface area contributed by atoms with Crippen LogP contribution in [0, 0.1) is 5.92 Å². The molecule has 23 heavy (non-hydrogen) atoms. The summed E-state index contributed by atoms with van der Waals surface area (Å²) in [5.74, 6) is 1.58. The fourth-order valence-corrected chi connectivity index (χ4v) is 3.71. The lowest BCUT2D eigenvalue weighted by molar-refractivity contribution is 0.0507. The molecule has 4 heteroatoms. The average Bonchev–Trinajstić information content (AvgIpc) is 2.85. The van der Waals surface area contributed by atoms with Crippen LogP contribution in [0.2, 0.25) is 0 Å².